The molecule has 2 aliphatic heterocycles. The standard InChI is InChI=1S/C14H22F3N3O3/c15-14(16,17)13(22)20-8-4-5-11(20)12(21)18-23-10-9-19-6-2-1-3-7-19/h11H,1-10H2,(H,18,21). The molecule has 2 saturated heterocycles. The van der Waals surface area contributed by atoms with Crippen LogP contribution in [0.1, 0.15) is 32.1 Å². The number of hydrogen-bond donors (Lipinski definition) is 1. The summed E-state index contributed by atoms with van der Waals surface area (Å²) in [6, 6.07) is -1.11. The van der Waals surface area contributed by atoms with Crippen LogP contribution in [0.25, 0.3) is 0 Å². The van der Waals surface area contributed by atoms with Gasteiger partial charge in [-0.15, -0.1) is 0 Å². The van der Waals surface area contributed by atoms with Crippen molar-refractivity contribution in [3.8, 4) is 0 Å². The third-order valence-electron chi connectivity index (χ3n) is 4.19. The molecule has 2 heterocycles. The Morgan fingerprint density at radius 1 is 1.09 bits per heavy atom. The van der Waals surface area contributed by atoms with Crippen molar-refractivity contribution in [1.82, 2.24) is 15.3 Å². The van der Waals surface area contributed by atoms with E-state index in [1.807, 2.05) is 0 Å². The van der Waals surface area contributed by atoms with Crippen LogP contribution >= 0.6 is 0 Å². The average Bonchev–Trinajstić information content (AvgIpc) is 3.00. The lowest BCUT2D eigenvalue weighted by molar-refractivity contribution is -0.187. The zero-order valence-corrected chi connectivity index (χ0v) is 12.9. The fourth-order valence-electron chi connectivity index (χ4n) is 2.99. The van der Waals surface area contributed by atoms with Crippen LogP contribution in [0.4, 0.5) is 13.2 Å². The highest BCUT2D eigenvalue weighted by Crippen LogP contribution is 2.25. The first-order valence-electron chi connectivity index (χ1n) is 7.91. The van der Waals surface area contributed by atoms with Gasteiger partial charge in [0, 0.05) is 13.1 Å². The van der Waals surface area contributed by atoms with E-state index in [-0.39, 0.29) is 19.6 Å². The molecule has 9 heteroatoms. The average molecular weight is 337 g/mol. The summed E-state index contributed by atoms with van der Waals surface area (Å²) in [6.45, 7) is 2.85. The lowest BCUT2D eigenvalue weighted by Crippen LogP contribution is -2.50. The number of rotatable bonds is 5. The lowest BCUT2D eigenvalue weighted by Gasteiger charge is -2.26. The Hall–Kier alpha value is -1.35. The molecule has 2 rings (SSSR count). The molecule has 2 fully saturated rings. The first-order chi connectivity index (χ1) is 10.9. The molecule has 0 aromatic carbocycles. The van der Waals surface area contributed by atoms with Crippen molar-refractivity contribution in [2.24, 2.45) is 0 Å². The third kappa shape index (κ3) is 5.07. The molecule has 23 heavy (non-hydrogen) atoms. The van der Waals surface area contributed by atoms with Crippen molar-refractivity contribution in [3.05, 3.63) is 0 Å². The van der Waals surface area contributed by atoms with Gasteiger partial charge in [0.25, 0.3) is 5.91 Å². The summed E-state index contributed by atoms with van der Waals surface area (Å²) in [5.74, 6) is -2.66. The van der Waals surface area contributed by atoms with Gasteiger partial charge in [-0.1, -0.05) is 6.42 Å². The van der Waals surface area contributed by atoms with Crippen LogP contribution in [-0.4, -0.2) is 66.6 Å². The quantitative estimate of drug-likeness (QED) is 0.602. The number of hydrogen-bond acceptors (Lipinski definition) is 4. The van der Waals surface area contributed by atoms with Crippen LogP contribution in [0, 0.1) is 0 Å². The second kappa shape index (κ2) is 7.96. The minimum absolute atomic E-state index is 0.0653. The van der Waals surface area contributed by atoms with E-state index in [9.17, 15) is 22.8 Å². The Bertz CT molecular complexity index is 425. The van der Waals surface area contributed by atoms with Crippen LogP contribution in [0.5, 0.6) is 0 Å². The van der Waals surface area contributed by atoms with Gasteiger partial charge in [-0.25, -0.2) is 5.48 Å². The number of amides is 2. The second-order valence-corrected chi connectivity index (χ2v) is 5.87. The van der Waals surface area contributed by atoms with Crippen molar-refractivity contribution in [1.29, 1.82) is 0 Å². The van der Waals surface area contributed by atoms with Gasteiger partial charge in [-0.3, -0.25) is 14.4 Å². The van der Waals surface area contributed by atoms with Crippen LogP contribution < -0.4 is 5.48 Å². The molecule has 1 atom stereocenters. The van der Waals surface area contributed by atoms with Gasteiger partial charge in [0.1, 0.15) is 6.04 Å². The maximum absolute atomic E-state index is 12.5. The maximum atomic E-state index is 12.5. The lowest BCUT2D eigenvalue weighted by atomic mass is 10.1. The highest BCUT2D eigenvalue weighted by molar-refractivity contribution is 5.90. The van der Waals surface area contributed by atoms with E-state index in [1.54, 1.807) is 0 Å². The van der Waals surface area contributed by atoms with Gasteiger partial charge in [-0.05, 0) is 38.8 Å². The number of carbonyl (C=O) groups excluding carboxylic acids is 2. The molecule has 1 N–H and O–H groups in total. The van der Waals surface area contributed by atoms with E-state index in [0.717, 1.165) is 25.9 Å². The van der Waals surface area contributed by atoms with Crippen molar-refractivity contribution >= 4 is 11.8 Å². The summed E-state index contributed by atoms with van der Waals surface area (Å²) < 4.78 is 37.5. The van der Waals surface area contributed by atoms with Gasteiger partial charge < -0.3 is 9.80 Å². The minimum Gasteiger partial charge on any atom is -0.323 e. The van der Waals surface area contributed by atoms with E-state index >= 15 is 0 Å². The molecule has 0 spiro atoms. The smallest absolute Gasteiger partial charge is 0.323 e. The summed E-state index contributed by atoms with van der Waals surface area (Å²) >= 11 is 0. The van der Waals surface area contributed by atoms with Gasteiger partial charge in [-0.2, -0.15) is 13.2 Å². The number of piperidine rings is 1. The Morgan fingerprint density at radius 3 is 2.43 bits per heavy atom. The molecule has 0 saturated carbocycles. The second-order valence-electron chi connectivity index (χ2n) is 5.87. The summed E-state index contributed by atoms with van der Waals surface area (Å²) in [4.78, 5) is 31.1. The summed E-state index contributed by atoms with van der Waals surface area (Å²) in [6.07, 6.45) is -0.875. The normalized spacial score (nSPS) is 23.1. The van der Waals surface area contributed by atoms with Crippen molar-refractivity contribution in [2.45, 2.75) is 44.3 Å². The number of likely N-dealkylation sites (tertiary alicyclic amines) is 2. The fourth-order valence-corrected chi connectivity index (χ4v) is 2.99. The van der Waals surface area contributed by atoms with Gasteiger partial charge in [0.05, 0.1) is 6.61 Å². The minimum atomic E-state index is -4.96. The first-order valence-corrected chi connectivity index (χ1v) is 7.91. The molecule has 132 valence electrons. The zero-order valence-electron chi connectivity index (χ0n) is 12.9. The molecular formula is C14H22F3N3O3. The molecule has 0 aromatic rings. The van der Waals surface area contributed by atoms with Gasteiger partial charge in [0.2, 0.25) is 0 Å². The van der Waals surface area contributed by atoms with E-state index in [0.29, 0.717) is 17.9 Å². The van der Waals surface area contributed by atoms with E-state index in [4.69, 9.17) is 4.84 Å². The monoisotopic (exact) mass is 337 g/mol. The Labute approximate surface area is 132 Å². The highest BCUT2D eigenvalue weighted by atomic mass is 19.4. The number of nitrogens with zero attached hydrogens (tertiary/aromatic N) is 2. The first kappa shape index (κ1) is 18.0. The summed E-state index contributed by atoms with van der Waals surface area (Å²) in [5, 5.41) is 0. The Kier molecular flexibility index (Phi) is 6.23. The predicted molar refractivity (Wildman–Crippen MR) is 75.2 cm³/mol. The van der Waals surface area contributed by atoms with Gasteiger partial charge in [0.15, 0.2) is 0 Å². The number of hydroxylamine groups is 1. The molecule has 2 amide bonds. The molecule has 0 aromatic heterocycles. The number of carbonyl (C=O) groups is 2. The van der Waals surface area contributed by atoms with Crippen molar-refractivity contribution in [3.63, 3.8) is 0 Å². The highest BCUT2D eigenvalue weighted by Gasteiger charge is 2.47. The molecule has 0 aliphatic carbocycles. The summed E-state index contributed by atoms with van der Waals surface area (Å²) in [5.41, 5.74) is 2.17. The van der Waals surface area contributed by atoms with Crippen LogP contribution in [-0.2, 0) is 14.4 Å². The van der Waals surface area contributed by atoms with Crippen molar-refractivity contribution in [2.75, 3.05) is 32.8 Å². The van der Waals surface area contributed by atoms with Crippen LogP contribution in [0.15, 0.2) is 0 Å². The number of halogens is 3. The number of nitrogens with one attached hydrogen (secondary N) is 1. The predicted octanol–water partition coefficient (Wildman–Crippen LogP) is 1.07. The molecule has 1 unspecified atom stereocenters. The molecule has 2 aliphatic rings. The Balaban J connectivity index is 1.72. The third-order valence-corrected chi connectivity index (χ3v) is 4.19. The zero-order chi connectivity index (χ0) is 16.9. The van der Waals surface area contributed by atoms with E-state index in [1.165, 1.54) is 6.42 Å². The largest absolute Gasteiger partial charge is 0.471 e. The SMILES string of the molecule is O=C(NOCCN1CCCCC1)C1CCCN1C(=O)C(F)(F)F. The van der Waals surface area contributed by atoms with Crippen molar-refractivity contribution < 1.29 is 27.6 Å². The van der Waals surface area contributed by atoms with E-state index in [2.05, 4.69) is 10.4 Å². The summed E-state index contributed by atoms with van der Waals surface area (Å²) in [7, 11) is 0. The van der Waals surface area contributed by atoms with E-state index < -0.39 is 24.0 Å². The fraction of sp³-hybridized carbons (Fsp3) is 0.857. The Morgan fingerprint density at radius 2 is 1.78 bits per heavy atom. The molecular weight excluding hydrogens is 315 g/mol. The topological polar surface area (TPSA) is 61.9 Å². The number of alkyl halides is 3. The van der Waals surface area contributed by atoms with Crippen LogP contribution in [0.3, 0.4) is 0 Å². The maximum Gasteiger partial charge on any atom is 0.471 e. The molecule has 0 radical (unpaired) electrons. The van der Waals surface area contributed by atoms with Crippen LogP contribution in [0.2, 0.25) is 0 Å². The molecule has 6 nitrogen and oxygen atoms in total. The van der Waals surface area contributed by atoms with Gasteiger partial charge >= 0.3 is 12.1 Å². The molecule has 0 bridgehead atoms.